The number of pyridine rings is 1. The maximum atomic E-state index is 16.5. The summed E-state index contributed by atoms with van der Waals surface area (Å²) >= 11 is 1.57. The molecule has 7 rings (SSSR count). The van der Waals surface area contributed by atoms with Crippen molar-refractivity contribution in [1.82, 2.24) is 24.8 Å². The summed E-state index contributed by atoms with van der Waals surface area (Å²) in [5, 5.41) is 12.8. The third kappa shape index (κ3) is 4.84. The van der Waals surface area contributed by atoms with E-state index in [1.807, 2.05) is 34.5 Å². The molecule has 0 N–H and O–H groups in total. The van der Waals surface area contributed by atoms with E-state index >= 15 is 4.39 Å². The minimum Gasteiger partial charge on any atom is -0.461 e. The predicted octanol–water partition coefficient (Wildman–Crippen LogP) is 5.12. The van der Waals surface area contributed by atoms with E-state index in [1.54, 1.807) is 22.4 Å². The second-order valence-corrected chi connectivity index (χ2v) is 12.7. The summed E-state index contributed by atoms with van der Waals surface area (Å²) in [6.07, 6.45) is 4.20. The number of nitrogens with zero attached hydrogens (tertiary/aromatic N) is 7. The number of piperazine rings is 1. The van der Waals surface area contributed by atoms with E-state index in [1.165, 1.54) is 6.08 Å². The minimum absolute atomic E-state index is 0.00209. The first-order valence-electron chi connectivity index (χ1n) is 14.8. The van der Waals surface area contributed by atoms with Gasteiger partial charge in [-0.25, -0.2) is 8.78 Å². The number of carbonyl (C=O) groups excluding carboxylic acids is 1. The molecule has 1 unspecified atom stereocenters. The number of hydrogen-bond acceptors (Lipinski definition) is 9. The van der Waals surface area contributed by atoms with Gasteiger partial charge in [-0.15, -0.1) is 11.3 Å². The molecule has 3 atom stereocenters. The lowest BCUT2D eigenvalue weighted by Gasteiger charge is -2.41. The van der Waals surface area contributed by atoms with Crippen molar-refractivity contribution in [2.24, 2.45) is 0 Å². The van der Waals surface area contributed by atoms with E-state index in [2.05, 4.69) is 27.5 Å². The molecule has 226 valence electrons. The topological polar surface area (TPSA) is 98.5 Å². The van der Waals surface area contributed by atoms with E-state index in [9.17, 15) is 14.4 Å². The van der Waals surface area contributed by atoms with Crippen LogP contribution in [-0.4, -0.2) is 87.7 Å². The number of aromatic nitrogens is 3. The zero-order chi connectivity index (χ0) is 30.4. The highest BCUT2D eigenvalue weighted by atomic mass is 32.1. The average Bonchev–Trinajstić information content (AvgIpc) is 3.74. The molecule has 0 bridgehead atoms. The van der Waals surface area contributed by atoms with E-state index < -0.39 is 23.6 Å². The number of carbonyl (C=O) groups is 1. The Kier molecular flexibility index (Phi) is 7.38. The van der Waals surface area contributed by atoms with Crippen molar-refractivity contribution >= 4 is 44.1 Å². The fraction of sp³-hybridized carbons (Fsp3) is 0.406. The number of rotatable bonds is 7. The monoisotopic (exact) mass is 615 g/mol. The molecular formula is C32H31F2N7O2S. The average molecular weight is 616 g/mol. The van der Waals surface area contributed by atoms with Crippen LogP contribution in [0.25, 0.3) is 32.2 Å². The van der Waals surface area contributed by atoms with Crippen LogP contribution in [-0.2, 0) is 4.79 Å². The molecule has 44 heavy (non-hydrogen) atoms. The lowest BCUT2D eigenvalue weighted by molar-refractivity contribution is -0.128. The summed E-state index contributed by atoms with van der Waals surface area (Å²) in [6.45, 7) is 6.04. The molecule has 1 aromatic carbocycles. The Bertz CT molecular complexity index is 1810. The van der Waals surface area contributed by atoms with Gasteiger partial charge in [0.05, 0.1) is 29.5 Å². The van der Waals surface area contributed by atoms with Crippen LogP contribution in [0.3, 0.4) is 0 Å². The number of amides is 1. The summed E-state index contributed by atoms with van der Waals surface area (Å²) in [6, 6.07) is 9.42. The number of ether oxygens (including phenoxy) is 1. The number of hydrogen-bond donors (Lipinski definition) is 0. The molecule has 3 aliphatic rings. The molecule has 0 radical (unpaired) electrons. The van der Waals surface area contributed by atoms with Gasteiger partial charge < -0.3 is 14.5 Å². The van der Waals surface area contributed by atoms with Crippen LogP contribution >= 0.6 is 11.3 Å². The molecular weight excluding hydrogens is 584 g/mol. The Hall–Kier alpha value is -4.21. The van der Waals surface area contributed by atoms with Crippen LogP contribution in [0, 0.1) is 17.1 Å². The summed E-state index contributed by atoms with van der Waals surface area (Å²) in [7, 11) is 0. The first-order chi connectivity index (χ1) is 21.4. The lowest BCUT2D eigenvalue weighted by Crippen LogP contribution is -2.55. The smallest absolute Gasteiger partial charge is 0.319 e. The predicted molar refractivity (Wildman–Crippen MR) is 165 cm³/mol. The van der Waals surface area contributed by atoms with Crippen LogP contribution in [0.1, 0.15) is 25.7 Å². The lowest BCUT2D eigenvalue weighted by atomic mass is 9.95. The van der Waals surface area contributed by atoms with E-state index in [-0.39, 0.29) is 36.2 Å². The molecule has 9 nitrogen and oxygen atoms in total. The molecule has 0 spiro atoms. The zero-order valence-electron chi connectivity index (χ0n) is 24.1. The van der Waals surface area contributed by atoms with Gasteiger partial charge in [0.2, 0.25) is 5.91 Å². The number of thiophene rings is 1. The van der Waals surface area contributed by atoms with Gasteiger partial charge in [-0.2, -0.15) is 15.2 Å². The van der Waals surface area contributed by atoms with Crippen molar-refractivity contribution in [1.29, 1.82) is 5.26 Å². The highest BCUT2D eigenvalue weighted by molar-refractivity contribution is 7.17. The Morgan fingerprint density at radius 3 is 2.95 bits per heavy atom. The summed E-state index contributed by atoms with van der Waals surface area (Å²) in [5.74, 6) is -0.417. The van der Waals surface area contributed by atoms with E-state index in [0.717, 1.165) is 29.5 Å². The quantitative estimate of drug-likeness (QED) is 0.265. The van der Waals surface area contributed by atoms with Gasteiger partial charge in [0, 0.05) is 54.4 Å². The van der Waals surface area contributed by atoms with Crippen molar-refractivity contribution in [3.63, 3.8) is 0 Å². The molecule has 3 aliphatic heterocycles. The first-order valence-corrected chi connectivity index (χ1v) is 15.7. The molecule has 4 aromatic rings. The van der Waals surface area contributed by atoms with Gasteiger partial charge >= 0.3 is 6.01 Å². The first kappa shape index (κ1) is 28.6. The molecule has 12 heteroatoms. The Morgan fingerprint density at radius 2 is 2.11 bits per heavy atom. The molecule has 0 saturated carbocycles. The fourth-order valence-electron chi connectivity index (χ4n) is 7.10. The third-order valence-corrected chi connectivity index (χ3v) is 10.1. The van der Waals surface area contributed by atoms with Crippen molar-refractivity contribution < 1.29 is 18.3 Å². The summed E-state index contributed by atoms with van der Waals surface area (Å²) in [4.78, 5) is 32.1. The van der Waals surface area contributed by atoms with E-state index in [4.69, 9.17) is 9.72 Å². The number of fused-ring (bicyclic) bond motifs is 3. The maximum absolute atomic E-state index is 16.5. The van der Waals surface area contributed by atoms with Crippen molar-refractivity contribution in [3.05, 3.63) is 54.3 Å². The number of anilines is 1. The SMILES string of the molecule is C=CC(=O)N1CCN(c2nc(OCC34CCCN3C[C@H](F)C4)nc3c(F)c(-c4cccc5sccc45)ncc23)C[C@@H]1CC#N. The van der Waals surface area contributed by atoms with Gasteiger partial charge in [0.15, 0.2) is 5.82 Å². The van der Waals surface area contributed by atoms with Gasteiger partial charge in [0.1, 0.15) is 29.8 Å². The molecule has 3 saturated heterocycles. The van der Waals surface area contributed by atoms with Crippen molar-refractivity contribution in [2.45, 2.75) is 43.4 Å². The minimum atomic E-state index is -0.912. The Morgan fingerprint density at radius 1 is 1.23 bits per heavy atom. The van der Waals surface area contributed by atoms with Gasteiger partial charge in [-0.1, -0.05) is 18.7 Å². The highest BCUT2D eigenvalue weighted by Gasteiger charge is 2.49. The zero-order valence-corrected chi connectivity index (χ0v) is 24.9. The fourth-order valence-corrected chi connectivity index (χ4v) is 7.91. The van der Waals surface area contributed by atoms with Crippen LogP contribution in [0.4, 0.5) is 14.6 Å². The molecule has 3 aromatic heterocycles. The van der Waals surface area contributed by atoms with Crippen molar-refractivity contribution in [3.8, 4) is 23.3 Å². The van der Waals surface area contributed by atoms with Crippen LogP contribution in [0.5, 0.6) is 6.01 Å². The number of alkyl halides is 1. The van der Waals surface area contributed by atoms with E-state index in [0.29, 0.717) is 49.4 Å². The normalized spacial score (nSPS) is 23.7. The maximum Gasteiger partial charge on any atom is 0.319 e. The van der Waals surface area contributed by atoms with Crippen LogP contribution in [0.2, 0.25) is 0 Å². The van der Waals surface area contributed by atoms with Crippen molar-refractivity contribution in [2.75, 3.05) is 44.2 Å². The van der Waals surface area contributed by atoms with Gasteiger partial charge in [-0.05, 0) is 43.0 Å². The largest absolute Gasteiger partial charge is 0.461 e. The molecule has 6 heterocycles. The van der Waals surface area contributed by atoms with Gasteiger partial charge in [0.25, 0.3) is 0 Å². The number of nitriles is 1. The van der Waals surface area contributed by atoms with Gasteiger partial charge in [-0.3, -0.25) is 14.7 Å². The summed E-state index contributed by atoms with van der Waals surface area (Å²) < 4.78 is 38.2. The molecule has 0 aliphatic carbocycles. The van der Waals surface area contributed by atoms with Crippen LogP contribution in [0.15, 0.2) is 48.5 Å². The Balaban J connectivity index is 1.31. The number of halogens is 2. The number of benzene rings is 1. The third-order valence-electron chi connectivity index (χ3n) is 9.19. The second-order valence-electron chi connectivity index (χ2n) is 11.7. The standard InChI is InChI=1S/C32H31F2N7O2S/c1-2-26(42)41-13-12-39(18-21(41)7-10-35)30-24-16-36-28(23-5-3-6-25-22(23)8-14-44-25)27(34)29(24)37-31(38-30)43-19-32-9-4-11-40(32)17-20(33)15-32/h2-3,5-6,8,14,16,20-21H,1,4,7,9,11-13,15,17-19H2/t20-,21+,32?/m1/s1. The second kappa shape index (κ2) is 11.4. The summed E-state index contributed by atoms with van der Waals surface area (Å²) in [5.41, 5.74) is 0.483. The molecule has 1 amide bonds. The van der Waals surface area contributed by atoms with Crippen LogP contribution < -0.4 is 9.64 Å². The highest BCUT2D eigenvalue weighted by Crippen LogP contribution is 2.41. The molecule has 3 fully saturated rings. The Labute approximate surface area is 257 Å².